The minimum Gasteiger partial charge on any atom is -0.373 e. The number of carbonyl (C=O) groups excluding carboxylic acids is 1. The van der Waals surface area contributed by atoms with E-state index in [1.54, 1.807) is 0 Å². The maximum Gasteiger partial charge on any atom is 0.253 e. The van der Waals surface area contributed by atoms with Crippen LogP contribution in [0.4, 0.5) is 5.69 Å². The highest BCUT2D eigenvalue weighted by Crippen LogP contribution is 2.22. The van der Waals surface area contributed by atoms with E-state index in [0.29, 0.717) is 19.6 Å². The number of hydrogen-bond donors (Lipinski definition) is 2. The molecule has 1 aromatic carbocycles. The van der Waals surface area contributed by atoms with Gasteiger partial charge in [0.25, 0.3) is 5.91 Å². The molecule has 3 rings (SSSR count). The Bertz CT molecular complexity index is 472. The number of anilines is 1. The van der Waals surface area contributed by atoms with E-state index in [4.69, 9.17) is 9.47 Å². The SMILES string of the molecule is O=C1Nc2ccccc2CCC1OCC1CNCCO1. The summed E-state index contributed by atoms with van der Waals surface area (Å²) in [5, 5.41) is 6.19. The summed E-state index contributed by atoms with van der Waals surface area (Å²) in [6.45, 7) is 2.84. The lowest BCUT2D eigenvalue weighted by atomic mass is 10.1. The van der Waals surface area contributed by atoms with E-state index in [1.807, 2.05) is 24.3 Å². The third-order valence-corrected chi connectivity index (χ3v) is 3.73. The minimum absolute atomic E-state index is 0.0437. The molecule has 0 aliphatic carbocycles. The second-order valence-corrected chi connectivity index (χ2v) is 5.20. The quantitative estimate of drug-likeness (QED) is 0.863. The van der Waals surface area contributed by atoms with E-state index in [9.17, 15) is 4.79 Å². The average molecular weight is 276 g/mol. The highest BCUT2D eigenvalue weighted by atomic mass is 16.5. The molecule has 1 saturated heterocycles. The van der Waals surface area contributed by atoms with E-state index in [-0.39, 0.29) is 12.0 Å². The first-order valence-corrected chi connectivity index (χ1v) is 7.15. The van der Waals surface area contributed by atoms with E-state index in [0.717, 1.165) is 25.2 Å². The summed E-state index contributed by atoms with van der Waals surface area (Å²) in [4.78, 5) is 12.2. The van der Waals surface area contributed by atoms with Gasteiger partial charge in [-0.15, -0.1) is 0 Å². The van der Waals surface area contributed by atoms with Crippen LogP contribution in [0, 0.1) is 0 Å². The van der Waals surface area contributed by atoms with E-state index in [1.165, 1.54) is 5.56 Å². The van der Waals surface area contributed by atoms with Crippen LogP contribution in [0.25, 0.3) is 0 Å². The number of nitrogens with one attached hydrogen (secondary N) is 2. The second kappa shape index (κ2) is 6.35. The number of hydrogen-bond acceptors (Lipinski definition) is 4. The average Bonchev–Trinajstić information content (AvgIpc) is 2.65. The normalized spacial score (nSPS) is 26.5. The molecule has 1 amide bonds. The van der Waals surface area contributed by atoms with Crippen LogP contribution in [0.1, 0.15) is 12.0 Å². The lowest BCUT2D eigenvalue weighted by Crippen LogP contribution is -2.42. The van der Waals surface area contributed by atoms with E-state index in [2.05, 4.69) is 10.6 Å². The number of fused-ring (bicyclic) bond motifs is 1. The van der Waals surface area contributed by atoms with Gasteiger partial charge in [-0.05, 0) is 24.5 Å². The van der Waals surface area contributed by atoms with Crippen molar-refractivity contribution >= 4 is 11.6 Å². The summed E-state index contributed by atoms with van der Waals surface area (Å²) in [7, 11) is 0. The zero-order valence-electron chi connectivity index (χ0n) is 11.4. The van der Waals surface area contributed by atoms with Gasteiger partial charge in [0, 0.05) is 18.8 Å². The summed E-state index contributed by atoms with van der Waals surface area (Å²) >= 11 is 0. The molecule has 2 heterocycles. The molecule has 2 aliphatic rings. The van der Waals surface area contributed by atoms with Crippen molar-refractivity contribution in [2.45, 2.75) is 25.0 Å². The van der Waals surface area contributed by atoms with Gasteiger partial charge in [-0.2, -0.15) is 0 Å². The molecule has 108 valence electrons. The van der Waals surface area contributed by atoms with Gasteiger partial charge in [0.05, 0.1) is 19.3 Å². The first-order valence-electron chi connectivity index (χ1n) is 7.15. The zero-order valence-corrected chi connectivity index (χ0v) is 11.4. The number of aryl methyl sites for hydroxylation is 1. The Balaban J connectivity index is 1.57. The predicted molar refractivity (Wildman–Crippen MR) is 75.7 cm³/mol. The van der Waals surface area contributed by atoms with Gasteiger partial charge >= 0.3 is 0 Å². The molecule has 0 spiro atoms. The van der Waals surface area contributed by atoms with Crippen LogP contribution in [0.2, 0.25) is 0 Å². The Labute approximate surface area is 118 Å². The number of carbonyl (C=O) groups is 1. The number of morpholine rings is 1. The van der Waals surface area contributed by atoms with Crippen molar-refractivity contribution in [3.05, 3.63) is 29.8 Å². The fourth-order valence-corrected chi connectivity index (χ4v) is 2.60. The molecular formula is C15H20N2O3. The molecule has 2 aliphatic heterocycles. The summed E-state index contributed by atoms with van der Waals surface area (Å²) in [5.41, 5.74) is 2.07. The van der Waals surface area contributed by atoms with Crippen molar-refractivity contribution in [1.29, 1.82) is 0 Å². The van der Waals surface area contributed by atoms with Crippen LogP contribution in [0.3, 0.4) is 0 Å². The summed E-state index contributed by atoms with van der Waals surface area (Å²) in [6, 6.07) is 7.91. The van der Waals surface area contributed by atoms with E-state index >= 15 is 0 Å². The van der Waals surface area contributed by atoms with E-state index < -0.39 is 6.10 Å². The Morgan fingerprint density at radius 1 is 1.35 bits per heavy atom. The number of para-hydroxylation sites is 1. The molecular weight excluding hydrogens is 256 g/mol. The largest absolute Gasteiger partial charge is 0.373 e. The minimum atomic E-state index is -0.395. The maximum atomic E-state index is 12.2. The molecule has 0 saturated carbocycles. The van der Waals surface area contributed by atoms with Crippen LogP contribution < -0.4 is 10.6 Å². The third-order valence-electron chi connectivity index (χ3n) is 3.73. The lowest BCUT2D eigenvalue weighted by molar-refractivity contribution is -0.131. The fourth-order valence-electron chi connectivity index (χ4n) is 2.60. The Kier molecular flexibility index (Phi) is 4.30. The summed E-state index contributed by atoms with van der Waals surface area (Å²) in [6.07, 6.45) is 1.21. The molecule has 20 heavy (non-hydrogen) atoms. The molecule has 5 nitrogen and oxygen atoms in total. The van der Waals surface area contributed by atoms with Gasteiger partial charge in [-0.25, -0.2) is 0 Å². The van der Waals surface area contributed by atoms with Gasteiger partial charge in [-0.1, -0.05) is 18.2 Å². The van der Waals surface area contributed by atoms with Crippen LogP contribution in [-0.4, -0.2) is 44.4 Å². The highest BCUT2D eigenvalue weighted by Gasteiger charge is 2.25. The van der Waals surface area contributed by atoms with Crippen LogP contribution in [-0.2, 0) is 20.7 Å². The van der Waals surface area contributed by atoms with Gasteiger partial charge < -0.3 is 20.1 Å². The molecule has 1 aromatic rings. The maximum absolute atomic E-state index is 12.2. The summed E-state index contributed by atoms with van der Waals surface area (Å²) < 4.78 is 11.3. The first-order chi connectivity index (χ1) is 9.83. The number of amides is 1. The molecule has 5 heteroatoms. The first kappa shape index (κ1) is 13.5. The third kappa shape index (κ3) is 3.17. The van der Waals surface area contributed by atoms with Gasteiger partial charge in [0.15, 0.2) is 0 Å². The smallest absolute Gasteiger partial charge is 0.253 e. The second-order valence-electron chi connectivity index (χ2n) is 5.20. The zero-order chi connectivity index (χ0) is 13.8. The molecule has 0 bridgehead atoms. The lowest BCUT2D eigenvalue weighted by Gasteiger charge is -2.25. The summed E-state index contributed by atoms with van der Waals surface area (Å²) in [5.74, 6) is -0.0567. The number of rotatable bonds is 3. The monoisotopic (exact) mass is 276 g/mol. The van der Waals surface area contributed by atoms with Crippen molar-refractivity contribution in [3.63, 3.8) is 0 Å². The predicted octanol–water partition coefficient (Wildman–Crippen LogP) is 0.945. The van der Waals surface area contributed by atoms with Gasteiger partial charge in [0.2, 0.25) is 0 Å². The van der Waals surface area contributed by atoms with Crippen LogP contribution in [0.15, 0.2) is 24.3 Å². The molecule has 2 N–H and O–H groups in total. The molecule has 0 radical (unpaired) electrons. The van der Waals surface area contributed by atoms with Crippen molar-refractivity contribution in [2.75, 3.05) is 31.6 Å². The van der Waals surface area contributed by atoms with Crippen molar-refractivity contribution in [1.82, 2.24) is 5.32 Å². The molecule has 0 aromatic heterocycles. The standard InChI is InChI=1S/C15H20N2O3/c18-15-14(20-10-12-9-16-7-8-19-12)6-5-11-3-1-2-4-13(11)17-15/h1-4,12,14,16H,5-10H2,(H,17,18). The number of benzene rings is 1. The Morgan fingerprint density at radius 2 is 2.25 bits per heavy atom. The molecule has 2 unspecified atom stereocenters. The topological polar surface area (TPSA) is 59.6 Å². The van der Waals surface area contributed by atoms with Crippen LogP contribution in [0.5, 0.6) is 0 Å². The van der Waals surface area contributed by atoms with Crippen molar-refractivity contribution in [2.24, 2.45) is 0 Å². The van der Waals surface area contributed by atoms with Gasteiger partial charge in [0.1, 0.15) is 6.10 Å². The highest BCUT2D eigenvalue weighted by molar-refractivity contribution is 5.95. The molecule has 1 fully saturated rings. The van der Waals surface area contributed by atoms with Gasteiger partial charge in [-0.3, -0.25) is 4.79 Å². The van der Waals surface area contributed by atoms with Crippen molar-refractivity contribution in [3.8, 4) is 0 Å². The van der Waals surface area contributed by atoms with Crippen LogP contribution >= 0.6 is 0 Å². The van der Waals surface area contributed by atoms with Crippen molar-refractivity contribution < 1.29 is 14.3 Å². The Hall–Kier alpha value is -1.43. The fraction of sp³-hybridized carbons (Fsp3) is 0.533. The Morgan fingerprint density at radius 3 is 3.10 bits per heavy atom. The molecule has 2 atom stereocenters. The number of ether oxygens (including phenoxy) is 2.